The van der Waals surface area contributed by atoms with E-state index in [-0.39, 0.29) is 0 Å². The molecule has 1 atom stereocenters. The number of rotatable bonds is 3. The molecule has 9 heavy (non-hydrogen) atoms. The SMILES string of the molecule is O=C(O)C(=O)C(Br)CO. The Morgan fingerprint density at radius 3 is 2.11 bits per heavy atom. The summed E-state index contributed by atoms with van der Waals surface area (Å²) in [5.74, 6) is -2.57. The Kier molecular flexibility index (Phi) is 3.41. The van der Waals surface area contributed by atoms with Crippen LogP contribution in [0.1, 0.15) is 0 Å². The van der Waals surface area contributed by atoms with Crippen LogP contribution in [0.4, 0.5) is 0 Å². The van der Waals surface area contributed by atoms with Gasteiger partial charge in [0, 0.05) is 0 Å². The Balaban J connectivity index is 3.88. The lowest BCUT2D eigenvalue weighted by atomic mass is 10.3. The third-order valence-corrected chi connectivity index (χ3v) is 1.36. The number of carboxylic acids is 1. The fourth-order valence-electron chi connectivity index (χ4n) is 0.217. The highest BCUT2D eigenvalue weighted by molar-refractivity contribution is 9.10. The standard InChI is InChI=1S/C4H5BrO4/c5-2(1-6)3(7)4(8)9/h2,6H,1H2,(H,8,9). The molecule has 0 bridgehead atoms. The summed E-state index contributed by atoms with van der Waals surface area (Å²) in [6.45, 7) is -0.495. The predicted octanol–water partition coefficient (Wildman–Crippen LogP) is -0.604. The van der Waals surface area contributed by atoms with Crippen LogP contribution in [-0.2, 0) is 9.59 Å². The maximum absolute atomic E-state index is 10.3. The number of aliphatic hydroxyl groups excluding tert-OH is 1. The Morgan fingerprint density at radius 2 is 2.00 bits per heavy atom. The van der Waals surface area contributed by atoms with Crippen LogP contribution in [0.15, 0.2) is 0 Å². The summed E-state index contributed by atoms with van der Waals surface area (Å²) in [4.78, 5) is 19.1. The van der Waals surface area contributed by atoms with Gasteiger partial charge in [-0.25, -0.2) is 4.79 Å². The van der Waals surface area contributed by atoms with Crippen molar-refractivity contribution in [2.24, 2.45) is 0 Å². The van der Waals surface area contributed by atoms with Gasteiger partial charge in [0.2, 0.25) is 0 Å². The molecule has 0 aliphatic carbocycles. The Bertz CT molecular complexity index is 133. The number of carbonyl (C=O) groups excluding carboxylic acids is 1. The van der Waals surface area contributed by atoms with Crippen molar-refractivity contribution in [1.82, 2.24) is 0 Å². The van der Waals surface area contributed by atoms with Crippen LogP contribution < -0.4 is 0 Å². The number of hydrogen-bond acceptors (Lipinski definition) is 3. The first kappa shape index (κ1) is 8.58. The first-order valence-electron chi connectivity index (χ1n) is 2.11. The van der Waals surface area contributed by atoms with E-state index in [2.05, 4.69) is 15.9 Å². The average molecular weight is 197 g/mol. The minimum Gasteiger partial charge on any atom is -0.475 e. The number of halogens is 1. The molecule has 0 spiro atoms. The first-order chi connectivity index (χ1) is 4.09. The van der Waals surface area contributed by atoms with Gasteiger partial charge in [0.25, 0.3) is 5.78 Å². The number of Topliss-reactive ketones (excluding diaryl/α,β-unsaturated/α-hetero) is 1. The quantitative estimate of drug-likeness (QED) is 0.467. The zero-order valence-corrected chi connectivity index (χ0v) is 5.96. The topological polar surface area (TPSA) is 74.6 Å². The zero-order valence-electron chi connectivity index (χ0n) is 4.37. The molecule has 0 radical (unpaired) electrons. The number of carboxylic acid groups (broad SMARTS) is 1. The lowest BCUT2D eigenvalue weighted by molar-refractivity contribution is -0.149. The van der Waals surface area contributed by atoms with Crippen LogP contribution in [-0.4, -0.2) is 33.4 Å². The van der Waals surface area contributed by atoms with Gasteiger partial charge in [0.05, 0.1) is 6.61 Å². The highest BCUT2D eigenvalue weighted by atomic mass is 79.9. The second-order valence-corrected chi connectivity index (χ2v) is 2.42. The van der Waals surface area contributed by atoms with Gasteiger partial charge in [-0.05, 0) is 0 Å². The maximum atomic E-state index is 10.3. The molecule has 0 aliphatic heterocycles. The molecule has 0 amide bonds. The van der Waals surface area contributed by atoms with E-state index in [0.717, 1.165) is 0 Å². The van der Waals surface area contributed by atoms with Crippen LogP contribution in [0.3, 0.4) is 0 Å². The average Bonchev–Trinajstić information content (AvgIpc) is 1.84. The van der Waals surface area contributed by atoms with Gasteiger partial charge in [-0.2, -0.15) is 0 Å². The summed E-state index contributed by atoms with van der Waals surface area (Å²) in [7, 11) is 0. The highest BCUT2D eigenvalue weighted by Gasteiger charge is 2.20. The minimum absolute atomic E-state index is 0.495. The van der Waals surface area contributed by atoms with Gasteiger partial charge >= 0.3 is 5.97 Å². The van der Waals surface area contributed by atoms with Crippen molar-refractivity contribution < 1.29 is 19.8 Å². The third-order valence-electron chi connectivity index (χ3n) is 0.656. The van der Waals surface area contributed by atoms with Crippen LogP contribution in [0, 0.1) is 0 Å². The summed E-state index contributed by atoms with van der Waals surface area (Å²) in [6.07, 6.45) is 0. The molecule has 0 saturated carbocycles. The zero-order chi connectivity index (χ0) is 7.44. The van der Waals surface area contributed by atoms with Crippen molar-refractivity contribution in [3.8, 4) is 0 Å². The van der Waals surface area contributed by atoms with Crippen molar-refractivity contribution in [2.75, 3.05) is 6.61 Å². The van der Waals surface area contributed by atoms with Crippen molar-refractivity contribution in [3.05, 3.63) is 0 Å². The summed E-state index contributed by atoms with van der Waals surface area (Å²) in [5.41, 5.74) is 0. The molecule has 1 unspecified atom stereocenters. The summed E-state index contributed by atoms with van der Waals surface area (Å²) < 4.78 is 0. The Morgan fingerprint density at radius 1 is 1.56 bits per heavy atom. The van der Waals surface area contributed by atoms with Crippen LogP contribution in [0.2, 0.25) is 0 Å². The van der Waals surface area contributed by atoms with Gasteiger partial charge in [0.1, 0.15) is 4.83 Å². The molecule has 0 aromatic carbocycles. The van der Waals surface area contributed by atoms with Crippen LogP contribution >= 0.6 is 15.9 Å². The van der Waals surface area contributed by atoms with Crippen molar-refractivity contribution in [1.29, 1.82) is 0 Å². The highest BCUT2D eigenvalue weighted by Crippen LogP contribution is 1.98. The molecular formula is C4H5BrO4. The smallest absolute Gasteiger partial charge is 0.373 e. The number of hydrogen-bond donors (Lipinski definition) is 2. The van der Waals surface area contributed by atoms with E-state index in [1.807, 2.05) is 0 Å². The normalized spacial score (nSPS) is 12.7. The number of aliphatic carboxylic acids is 1. The van der Waals surface area contributed by atoms with Gasteiger partial charge in [-0.3, -0.25) is 4.79 Å². The molecule has 5 heteroatoms. The van der Waals surface area contributed by atoms with Crippen molar-refractivity contribution in [3.63, 3.8) is 0 Å². The van der Waals surface area contributed by atoms with Gasteiger partial charge in [-0.1, -0.05) is 15.9 Å². The number of ketones is 1. The number of carbonyl (C=O) groups is 2. The molecule has 0 saturated heterocycles. The first-order valence-corrected chi connectivity index (χ1v) is 3.03. The van der Waals surface area contributed by atoms with Gasteiger partial charge < -0.3 is 10.2 Å². The molecule has 0 heterocycles. The molecule has 0 rings (SSSR count). The van der Waals surface area contributed by atoms with E-state index < -0.39 is 23.2 Å². The van der Waals surface area contributed by atoms with Gasteiger partial charge in [-0.15, -0.1) is 0 Å². The fourth-order valence-corrected chi connectivity index (χ4v) is 0.413. The third kappa shape index (κ3) is 2.57. The van der Waals surface area contributed by atoms with E-state index in [1.165, 1.54) is 0 Å². The molecule has 2 N–H and O–H groups in total. The number of aliphatic hydroxyl groups is 1. The van der Waals surface area contributed by atoms with E-state index in [4.69, 9.17) is 10.2 Å². The molecule has 0 fully saturated rings. The summed E-state index contributed by atoms with van der Waals surface area (Å²) in [6, 6.07) is 0. The second-order valence-electron chi connectivity index (χ2n) is 1.32. The largest absolute Gasteiger partial charge is 0.475 e. The molecular weight excluding hydrogens is 192 g/mol. The maximum Gasteiger partial charge on any atom is 0.373 e. The Labute approximate surface area is 59.6 Å². The molecule has 52 valence electrons. The van der Waals surface area contributed by atoms with Crippen molar-refractivity contribution in [2.45, 2.75) is 4.83 Å². The van der Waals surface area contributed by atoms with E-state index in [1.54, 1.807) is 0 Å². The summed E-state index contributed by atoms with van der Waals surface area (Å²) in [5, 5.41) is 16.2. The molecule has 0 aromatic rings. The van der Waals surface area contributed by atoms with Crippen LogP contribution in [0.25, 0.3) is 0 Å². The predicted molar refractivity (Wildman–Crippen MR) is 32.4 cm³/mol. The van der Waals surface area contributed by atoms with E-state index in [0.29, 0.717) is 0 Å². The Hall–Kier alpha value is -0.420. The lowest BCUT2D eigenvalue weighted by Gasteiger charge is -1.97. The number of alkyl halides is 1. The minimum atomic E-state index is -1.54. The molecule has 0 aromatic heterocycles. The molecule has 0 aliphatic rings. The summed E-state index contributed by atoms with van der Waals surface area (Å²) >= 11 is 2.66. The van der Waals surface area contributed by atoms with Gasteiger partial charge in [0.15, 0.2) is 0 Å². The molecule has 4 nitrogen and oxygen atoms in total. The van der Waals surface area contributed by atoms with Crippen molar-refractivity contribution >= 4 is 27.7 Å². The van der Waals surface area contributed by atoms with E-state index >= 15 is 0 Å². The van der Waals surface area contributed by atoms with Crippen LogP contribution in [0.5, 0.6) is 0 Å². The van der Waals surface area contributed by atoms with E-state index in [9.17, 15) is 9.59 Å². The lowest BCUT2D eigenvalue weighted by Crippen LogP contribution is -2.25. The second kappa shape index (κ2) is 3.58. The monoisotopic (exact) mass is 196 g/mol. The fraction of sp³-hybridized carbons (Fsp3) is 0.500.